The number of aryl methyl sites for hydroxylation is 1. The molecule has 1 aromatic heterocycles. The average molecular weight is 322 g/mol. The van der Waals surface area contributed by atoms with Crippen LogP contribution < -0.4 is 10.2 Å². The summed E-state index contributed by atoms with van der Waals surface area (Å²) in [6.45, 7) is 5.83. The Hall–Kier alpha value is -1.84. The number of amides is 1. The van der Waals surface area contributed by atoms with Crippen molar-refractivity contribution in [2.24, 2.45) is 0 Å². The summed E-state index contributed by atoms with van der Waals surface area (Å²) in [6, 6.07) is 1.78. The van der Waals surface area contributed by atoms with E-state index in [0.717, 1.165) is 38.4 Å². The average Bonchev–Trinajstić information content (AvgIpc) is 2.69. The molecule has 1 aromatic rings. The number of nitrogens with one attached hydrogen (secondary N) is 1. The predicted octanol–water partition coefficient (Wildman–Crippen LogP) is 0.700. The van der Waals surface area contributed by atoms with E-state index in [-0.39, 0.29) is 12.5 Å². The molecule has 2 rings (SSSR count). The van der Waals surface area contributed by atoms with Crippen molar-refractivity contribution in [3.05, 3.63) is 17.0 Å². The van der Waals surface area contributed by atoms with Gasteiger partial charge in [-0.1, -0.05) is 17.5 Å². The number of terminal acetylenes is 1. The summed E-state index contributed by atoms with van der Waals surface area (Å²) in [5.41, 5.74) is 0. The number of halogens is 1. The van der Waals surface area contributed by atoms with E-state index >= 15 is 0 Å². The first-order valence-corrected chi connectivity index (χ1v) is 7.65. The molecule has 7 heteroatoms. The van der Waals surface area contributed by atoms with E-state index in [4.69, 9.17) is 18.0 Å². The maximum Gasteiger partial charge on any atom is 0.234 e. The van der Waals surface area contributed by atoms with Crippen LogP contribution in [0.5, 0.6) is 0 Å². The molecule has 0 saturated carbocycles. The molecule has 0 unspecified atom stereocenters. The highest BCUT2D eigenvalue weighted by atomic mass is 35.5. The smallest absolute Gasteiger partial charge is 0.234 e. The van der Waals surface area contributed by atoms with Crippen LogP contribution in [-0.2, 0) is 4.79 Å². The molecular formula is C15H20ClN5O. The third kappa shape index (κ3) is 4.86. The van der Waals surface area contributed by atoms with E-state index in [9.17, 15) is 4.79 Å². The van der Waals surface area contributed by atoms with E-state index in [1.54, 1.807) is 6.07 Å². The molecular weight excluding hydrogens is 302 g/mol. The normalized spacial score (nSPS) is 16.0. The van der Waals surface area contributed by atoms with Crippen LogP contribution in [0.1, 0.15) is 12.2 Å². The summed E-state index contributed by atoms with van der Waals surface area (Å²) in [5, 5.41) is 3.15. The second-order valence-corrected chi connectivity index (χ2v) is 5.58. The monoisotopic (exact) mass is 321 g/mol. The lowest BCUT2D eigenvalue weighted by Gasteiger charge is -2.22. The van der Waals surface area contributed by atoms with Gasteiger partial charge in [0.1, 0.15) is 16.8 Å². The molecule has 0 bridgehead atoms. The van der Waals surface area contributed by atoms with E-state index in [2.05, 4.69) is 31.0 Å². The third-order valence-electron chi connectivity index (χ3n) is 3.46. The van der Waals surface area contributed by atoms with Gasteiger partial charge in [-0.25, -0.2) is 9.97 Å². The van der Waals surface area contributed by atoms with E-state index < -0.39 is 0 Å². The fraction of sp³-hybridized carbons (Fsp3) is 0.533. The van der Waals surface area contributed by atoms with Crippen LogP contribution in [0.3, 0.4) is 0 Å². The van der Waals surface area contributed by atoms with Gasteiger partial charge in [0.05, 0.1) is 13.1 Å². The van der Waals surface area contributed by atoms with Gasteiger partial charge >= 0.3 is 0 Å². The molecule has 1 fully saturated rings. The Bertz CT molecular complexity index is 551. The van der Waals surface area contributed by atoms with Crippen LogP contribution in [0, 0.1) is 19.3 Å². The Balaban J connectivity index is 1.92. The van der Waals surface area contributed by atoms with Gasteiger partial charge in [0.25, 0.3) is 0 Å². The SMILES string of the molecule is C#CCNC(=O)CN1CCCN(c2cc(Cl)nc(C)n2)CC1. The Morgan fingerprint density at radius 3 is 2.95 bits per heavy atom. The van der Waals surface area contributed by atoms with E-state index in [0.29, 0.717) is 17.5 Å². The maximum atomic E-state index is 11.7. The van der Waals surface area contributed by atoms with Crippen LogP contribution >= 0.6 is 11.6 Å². The van der Waals surface area contributed by atoms with Gasteiger partial charge in [-0.3, -0.25) is 9.69 Å². The predicted molar refractivity (Wildman–Crippen MR) is 86.9 cm³/mol. The summed E-state index contributed by atoms with van der Waals surface area (Å²) < 4.78 is 0. The van der Waals surface area contributed by atoms with Gasteiger partial charge in [0, 0.05) is 32.2 Å². The first-order chi connectivity index (χ1) is 10.6. The summed E-state index contributed by atoms with van der Waals surface area (Å²) in [4.78, 5) is 24.6. The molecule has 0 aliphatic carbocycles. The van der Waals surface area contributed by atoms with Crippen molar-refractivity contribution in [1.29, 1.82) is 0 Å². The van der Waals surface area contributed by atoms with Crippen LogP contribution in [-0.4, -0.2) is 60.0 Å². The molecule has 1 aliphatic heterocycles. The second kappa shape index (κ2) is 7.97. The Morgan fingerprint density at radius 2 is 2.23 bits per heavy atom. The highest BCUT2D eigenvalue weighted by molar-refractivity contribution is 6.29. The Labute approximate surface area is 135 Å². The minimum atomic E-state index is -0.0349. The summed E-state index contributed by atoms with van der Waals surface area (Å²) in [7, 11) is 0. The molecule has 1 amide bonds. The Kier molecular flexibility index (Phi) is 5.99. The van der Waals surface area contributed by atoms with Crippen LogP contribution in [0.4, 0.5) is 5.82 Å². The quantitative estimate of drug-likeness (QED) is 0.653. The lowest BCUT2D eigenvalue weighted by Crippen LogP contribution is -2.39. The lowest BCUT2D eigenvalue weighted by atomic mass is 10.3. The summed E-state index contributed by atoms with van der Waals surface area (Å²) >= 11 is 6.00. The topological polar surface area (TPSA) is 61.4 Å². The molecule has 1 aliphatic rings. The zero-order chi connectivity index (χ0) is 15.9. The standard InChI is InChI=1S/C15H20ClN5O/c1-3-5-17-15(22)11-20-6-4-7-21(9-8-20)14-10-13(16)18-12(2)19-14/h1,10H,4-9,11H2,2H3,(H,17,22). The van der Waals surface area contributed by atoms with Crippen molar-refractivity contribution in [3.8, 4) is 12.3 Å². The van der Waals surface area contributed by atoms with Crippen molar-refractivity contribution >= 4 is 23.3 Å². The van der Waals surface area contributed by atoms with Crippen molar-refractivity contribution in [2.75, 3.05) is 44.2 Å². The first-order valence-electron chi connectivity index (χ1n) is 7.27. The van der Waals surface area contributed by atoms with Crippen molar-refractivity contribution in [2.45, 2.75) is 13.3 Å². The number of carbonyl (C=O) groups excluding carboxylic acids is 1. The van der Waals surface area contributed by atoms with Crippen molar-refractivity contribution in [3.63, 3.8) is 0 Å². The number of hydrogen-bond donors (Lipinski definition) is 1. The lowest BCUT2D eigenvalue weighted by molar-refractivity contribution is -0.121. The number of rotatable bonds is 4. The highest BCUT2D eigenvalue weighted by Gasteiger charge is 2.18. The zero-order valence-corrected chi connectivity index (χ0v) is 13.4. The number of hydrogen-bond acceptors (Lipinski definition) is 5. The molecule has 6 nitrogen and oxygen atoms in total. The molecule has 2 heterocycles. The van der Waals surface area contributed by atoms with Gasteiger partial charge in [-0.05, 0) is 13.3 Å². The fourth-order valence-corrected chi connectivity index (χ4v) is 2.67. The molecule has 118 valence electrons. The maximum absolute atomic E-state index is 11.7. The van der Waals surface area contributed by atoms with Crippen molar-refractivity contribution < 1.29 is 4.79 Å². The van der Waals surface area contributed by atoms with Gasteiger partial charge in [-0.15, -0.1) is 6.42 Å². The molecule has 1 saturated heterocycles. The van der Waals surface area contributed by atoms with Crippen molar-refractivity contribution in [1.82, 2.24) is 20.2 Å². The summed E-state index contributed by atoms with van der Waals surface area (Å²) in [6.07, 6.45) is 6.10. The number of nitrogens with zero attached hydrogens (tertiary/aromatic N) is 4. The largest absolute Gasteiger partial charge is 0.355 e. The molecule has 0 spiro atoms. The fourth-order valence-electron chi connectivity index (χ4n) is 2.45. The van der Waals surface area contributed by atoms with Gasteiger partial charge < -0.3 is 10.2 Å². The molecule has 1 N–H and O–H groups in total. The molecule has 0 radical (unpaired) electrons. The van der Waals surface area contributed by atoms with E-state index in [1.165, 1.54) is 0 Å². The number of aromatic nitrogens is 2. The van der Waals surface area contributed by atoms with Crippen LogP contribution in [0.25, 0.3) is 0 Å². The van der Waals surface area contributed by atoms with Crippen LogP contribution in [0.2, 0.25) is 5.15 Å². The number of carbonyl (C=O) groups is 1. The third-order valence-corrected chi connectivity index (χ3v) is 3.65. The van der Waals surface area contributed by atoms with Gasteiger partial charge in [0.15, 0.2) is 0 Å². The molecule has 0 aromatic carbocycles. The minimum Gasteiger partial charge on any atom is -0.355 e. The molecule has 0 atom stereocenters. The Morgan fingerprint density at radius 1 is 1.41 bits per heavy atom. The number of anilines is 1. The highest BCUT2D eigenvalue weighted by Crippen LogP contribution is 2.17. The van der Waals surface area contributed by atoms with Crippen LogP contribution in [0.15, 0.2) is 6.07 Å². The molecule has 22 heavy (non-hydrogen) atoms. The first kappa shape index (κ1) is 16.5. The van der Waals surface area contributed by atoms with Gasteiger partial charge in [-0.2, -0.15) is 0 Å². The zero-order valence-electron chi connectivity index (χ0n) is 12.7. The van der Waals surface area contributed by atoms with E-state index in [1.807, 2.05) is 6.92 Å². The second-order valence-electron chi connectivity index (χ2n) is 5.19. The minimum absolute atomic E-state index is 0.0349. The van der Waals surface area contributed by atoms with Gasteiger partial charge in [0.2, 0.25) is 5.91 Å². The summed E-state index contributed by atoms with van der Waals surface area (Å²) in [5.74, 6) is 3.87.